The lowest BCUT2D eigenvalue weighted by Gasteiger charge is -2.19. The van der Waals surface area contributed by atoms with Crippen LogP contribution in [0.15, 0.2) is 33.9 Å². The van der Waals surface area contributed by atoms with E-state index in [0.29, 0.717) is 0 Å². The number of anilines is 1. The lowest BCUT2D eigenvalue weighted by atomic mass is 10.1. The van der Waals surface area contributed by atoms with Crippen LogP contribution in [-0.4, -0.2) is 20.4 Å². The number of nitrogens with one attached hydrogen (secondary N) is 1. The van der Waals surface area contributed by atoms with Crippen molar-refractivity contribution in [3.05, 3.63) is 56.2 Å². The fraction of sp³-hybridized carbons (Fsp3) is 0.357. The van der Waals surface area contributed by atoms with Gasteiger partial charge in [0.25, 0.3) is 5.56 Å². The highest BCUT2D eigenvalue weighted by Crippen LogP contribution is 2.31. The van der Waals surface area contributed by atoms with Crippen LogP contribution in [0.1, 0.15) is 17.2 Å². The monoisotopic (exact) mass is 287 g/mol. The van der Waals surface area contributed by atoms with Crippen molar-refractivity contribution in [1.82, 2.24) is 14.3 Å². The molecule has 0 saturated carbocycles. The van der Waals surface area contributed by atoms with Gasteiger partial charge in [0.1, 0.15) is 0 Å². The molecule has 2 atom stereocenters. The Balaban J connectivity index is 2.02. The average molecular weight is 287 g/mol. The molecule has 1 heterocycles. The average Bonchev–Trinajstić information content (AvgIpc) is 2.78. The first-order valence-electron chi connectivity index (χ1n) is 6.73. The molecular weight excluding hydrogens is 270 g/mol. The molecule has 0 aliphatic heterocycles. The summed E-state index contributed by atoms with van der Waals surface area (Å²) in [5.41, 5.74) is 7.50. The predicted octanol–water partition coefficient (Wildman–Crippen LogP) is -0.484. The summed E-state index contributed by atoms with van der Waals surface area (Å²) in [6.45, 7) is 0. The van der Waals surface area contributed by atoms with Gasteiger partial charge in [-0.25, -0.2) is 9.48 Å². The number of aryl methyl sites for hydroxylation is 1. The smallest absolute Gasteiger partial charge is 0.346 e. The molecule has 2 unspecified atom stereocenters. The third kappa shape index (κ3) is 2.15. The van der Waals surface area contributed by atoms with Gasteiger partial charge in [-0.1, -0.05) is 24.3 Å². The molecule has 0 bridgehead atoms. The summed E-state index contributed by atoms with van der Waals surface area (Å²) in [5, 5.41) is 7.10. The van der Waals surface area contributed by atoms with E-state index in [0.717, 1.165) is 21.2 Å². The van der Waals surface area contributed by atoms with Gasteiger partial charge in [0.05, 0.1) is 6.04 Å². The molecule has 110 valence electrons. The molecule has 2 aromatic rings. The largest absolute Gasteiger partial charge is 0.356 e. The summed E-state index contributed by atoms with van der Waals surface area (Å²) in [6, 6.07) is 7.62. The second-order valence-corrected chi connectivity index (χ2v) is 5.31. The standard InChI is InChI=1S/C14H17N5O2/c1-18-13(20)12(17-19(2)14(18)21)16-11-9-6-4-3-5-8(9)7-10(11)15/h3-6,10-11H,7,15H2,1-2H3,(H,16,17). The summed E-state index contributed by atoms with van der Waals surface area (Å²) in [5.74, 6) is 0.136. The Labute approximate surface area is 121 Å². The summed E-state index contributed by atoms with van der Waals surface area (Å²) in [6.07, 6.45) is 0.750. The van der Waals surface area contributed by atoms with Gasteiger partial charge in [-0.05, 0) is 17.5 Å². The fourth-order valence-corrected chi connectivity index (χ4v) is 2.75. The topological polar surface area (TPSA) is 94.9 Å². The molecule has 1 aromatic carbocycles. The molecule has 7 heteroatoms. The van der Waals surface area contributed by atoms with Gasteiger partial charge in [-0.15, -0.1) is 5.10 Å². The Bertz CT molecular complexity index is 808. The van der Waals surface area contributed by atoms with Crippen LogP contribution in [0.2, 0.25) is 0 Å². The number of nitrogens with two attached hydrogens (primary N) is 1. The number of fused-ring (bicyclic) bond motifs is 1. The number of aromatic nitrogens is 3. The van der Waals surface area contributed by atoms with Crippen molar-refractivity contribution in [1.29, 1.82) is 0 Å². The van der Waals surface area contributed by atoms with E-state index in [1.165, 1.54) is 19.7 Å². The maximum Gasteiger partial charge on any atom is 0.346 e. The van der Waals surface area contributed by atoms with E-state index in [4.69, 9.17) is 5.73 Å². The van der Waals surface area contributed by atoms with Crippen molar-refractivity contribution in [3.63, 3.8) is 0 Å². The Morgan fingerprint density at radius 1 is 1.29 bits per heavy atom. The molecule has 7 nitrogen and oxygen atoms in total. The minimum absolute atomic E-state index is 0.133. The van der Waals surface area contributed by atoms with E-state index >= 15 is 0 Å². The van der Waals surface area contributed by atoms with Gasteiger partial charge in [-0.3, -0.25) is 9.36 Å². The van der Waals surface area contributed by atoms with Gasteiger partial charge in [0, 0.05) is 20.1 Å². The lowest BCUT2D eigenvalue weighted by Crippen LogP contribution is -2.41. The lowest BCUT2D eigenvalue weighted by molar-refractivity contribution is 0.582. The molecular formula is C14H17N5O2. The molecule has 0 fully saturated rings. The summed E-state index contributed by atoms with van der Waals surface area (Å²) < 4.78 is 2.16. The maximum absolute atomic E-state index is 12.1. The molecule has 21 heavy (non-hydrogen) atoms. The molecule has 1 aromatic heterocycles. The third-order valence-corrected chi connectivity index (χ3v) is 3.89. The molecule has 0 saturated heterocycles. The minimum Gasteiger partial charge on any atom is -0.356 e. The van der Waals surface area contributed by atoms with Gasteiger partial charge in [0.15, 0.2) is 0 Å². The van der Waals surface area contributed by atoms with Crippen molar-refractivity contribution in [3.8, 4) is 0 Å². The Hall–Kier alpha value is -2.41. The Morgan fingerprint density at radius 2 is 2.00 bits per heavy atom. The van der Waals surface area contributed by atoms with Crippen LogP contribution in [0.5, 0.6) is 0 Å². The predicted molar refractivity (Wildman–Crippen MR) is 79.2 cm³/mol. The molecule has 0 amide bonds. The van der Waals surface area contributed by atoms with Crippen molar-refractivity contribution in [2.24, 2.45) is 19.8 Å². The molecule has 1 aliphatic rings. The van der Waals surface area contributed by atoms with Crippen LogP contribution >= 0.6 is 0 Å². The number of hydrogen-bond acceptors (Lipinski definition) is 5. The quantitative estimate of drug-likeness (QED) is 0.777. The van der Waals surface area contributed by atoms with E-state index < -0.39 is 11.2 Å². The Kier molecular flexibility index (Phi) is 3.13. The SMILES string of the molecule is Cn1nc(NC2c3ccccc3CC2N)c(=O)n(C)c1=O. The second kappa shape index (κ2) is 4.85. The number of nitrogens with zero attached hydrogens (tertiary/aromatic N) is 3. The first-order chi connectivity index (χ1) is 9.99. The highest BCUT2D eigenvalue weighted by atomic mass is 16.2. The van der Waals surface area contributed by atoms with Gasteiger partial charge in [-0.2, -0.15) is 0 Å². The first kappa shape index (κ1) is 13.6. The van der Waals surface area contributed by atoms with Crippen LogP contribution in [-0.2, 0) is 20.5 Å². The normalized spacial score (nSPS) is 20.3. The van der Waals surface area contributed by atoms with Crippen LogP contribution in [0.4, 0.5) is 5.82 Å². The zero-order valence-corrected chi connectivity index (χ0v) is 11.9. The van der Waals surface area contributed by atoms with Crippen molar-refractivity contribution < 1.29 is 0 Å². The van der Waals surface area contributed by atoms with Crippen LogP contribution in [0.3, 0.4) is 0 Å². The second-order valence-electron chi connectivity index (χ2n) is 5.31. The molecule has 0 radical (unpaired) electrons. The fourth-order valence-electron chi connectivity index (χ4n) is 2.75. The molecule has 1 aliphatic carbocycles. The van der Waals surface area contributed by atoms with Crippen molar-refractivity contribution in [2.75, 3.05) is 5.32 Å². The molecule has 0 spiro atoms. The van der Waals surface area contributed by atoms with Gasteiger partial charge >= 0.3 is 5.69 Å². The first-order valence-corrected chi connectivity index (χ1v) is 6.73. The third-order valence-electron chi connectivity index (χ3n) is 3.89. The van der Waals surface area contributed by atoms with E-state index in [1.807, 2.05) is 24.3 Å². The minimum atomic E-state index is -0.457. The van der Waals surface area contributed by atoms with Crippen molar-refractivity contribution >= 4 is 5.82 Å². The highest BCUT2D eigenvalue weighted by molar-refractivity contribution is 5.44. The molecule has 3 rings (SSSR count). The van der Waals surface area contributed by atoms with Gasteiger partial charge in [0.2, 0.25) is 5.82 Å². The van der Waals surface area contributed by atoms with Crippen LogP contribution in [0.25, 0.3) is 0 Å². The number of benzene rings is 1. The maximum atomic E-state index is 12.1. The van der Waals surface area contributed by atoms with Crippen LogP contribution < -0.4 is 22.3 Å². The highest BCUT2D eigenvalue weighted by Gasteiger charge is 2.30. The zero-order valence-electron chi connectivity index (χ0n) is 11.9. The summed E-state index contributed by atoms with van der Waals surface area (Å²) in [4.78, 5) is 23.8. The number of rotatable bonds is 2. The van der Waals surface area contributed by atoms with E-state index in [2.05, 4.69) is 10.4 Å². The molecule has 3 N–H and O–H groups in total. The summed E-state index contributed by atoms with van der Waals surface area (Å²) in [7, 11) is 2.94. The van der Waals surface area contributed by atoms with Gasteiger partial charge < -0.3 is 11.1 Å². The Morgan fingerprint density at radius 3 is 2.76 bits per heavy atom. The zero-order chi connectivity index (χ0) is 15.1. The number of hydrogen-bond donors (Lipinski definition) is 2. The van der Waals surface area contributed by atoms with E-state index in [1.54, 1.807) is 0 Å². The summed E-state index contributed by atoms with van der Waals surface area (Å²) >= 11 is 0. The van der Waals surface area contributed by atoms with E-state index in [9.17, 15) is 9.59 Å². The van der Waals surface area contributed by atoms with E-state index in [-0.39, 0.29) is 17.9 Å². The van der Waals surface area contributed by atoms with Crippen molar-refractivity contribution in [2.45, 2.75) is 18.5 Å². The van der Waals surface area contributed by atoms with Crippen LogP contribution in [0, 0.1) is 0 Å².